The standard InChI is InChI=1S/C18H11ClS/c19-13-10-8-12(9-11-13)14-5-3-7-17-18(14)15-4-1-2-6-16(15)20-17/h1-11H/i1D,2D,3D,4D,5D,6D,7D. The number of rotatable bonds is 1. The Labute approximate surface area is 136 Å². The van der Waals surface area contributed by atoms with E-state index in [4.69, 9.17) is 21.2 Å². The van der Waals surface area contributed by atoms with Crippen molar-refractivity contribution in [3.8, 4) is 11.1 Å². The molecule has 96 valence electrons. The molecule has 2 heteroatoms. The van der Waals surface area contributed by atoms with Crippen molar-refractivity contribution in [2.75, 3.05) is 0 Å². The van der Waals surface area contributed by atoms with Gasteiger partial charge in [0.1, 0.15) is 0 Å². The van der Waals surface area contributed by atoms with E-state index in [1.54, 1.807) is 24.3 Å². The molecule has 0 fully saturated rings. The Morgan fingerprint density at radius 1 is 0.850 bits per heavy atom. The Kier molecular flexibility index (Phi) is 1.56. The van der Waals surface area contributed by atoms with E-state index in [0.717, 1.165) is 11.3 Å². The van der Waals surface area contributed by atoms with Crippen LogP contribution in [0.4, 0.5) is 0 Å². The van der Waals surface area contributed by atoms with Crippen molar-refractivity contribution < 1.29 is 9.60 Å². The number of fused-ring (bicyclic) bond motifs is 3. The fourth-order valence-corrected chi connectivity index (χ4v) is 3.29. The lowest BCUT2D eigenvalue weighted by Gasteiger charge is -2.04. The fourth-order valence-electron chi connectivity index (χ4n) is 2.19. The van der Waals surface area contributed by atoms with Crippen LogP contribution < -0.4 is 0 Å². The number of hydrogen-bond acceptors (Lipinski definition) is 1. The lowest BCUT2D eigenvalue weighted by Crippen LogP contribution is -1.78. The van der Waals surface area contributed by atoms with Crippen LogP contribution in [0.1, 0.15) is 9.60 Å². The molecule has 0 aliphatic heterocycles. The van der Waals surface area contributed by atoms with E-state index in [1.807, 2.05) is 0 Å². The van der Waals surface area contributed by atoms with Gasteiger partial charge >= 0.3 is 0 Å². The molecule has 0 saturated heterocycles. The van der Waals surface area contributed by atoms with Crippen LogP contribution in [0.5, 0.6) is 0 Å². The van der Waals surface area contributed by atoms with Crippen LogP contribution in [0.25, 0.3) is 31.3 Å². The molecular weight excluding hydrogens is 284 g/mol. The highest BCUT2D eigenvalue weighted by atomic mass is 35.5. The molecule has 0 atom stereocenters. The summed E-state index contributed by atoms with van der Waals surface area (Å²) in [6, 6.07) is 5.10. The van der Waals surface area contributed by atoms with E-state index in [-0.39, 0.29) is 47.7 Å². The monoisotopic (exact) mass is 301 g/mol. The molecule has 0 amide bonds. The van der Waals surface area contributed by atoms with E-state index in [9.17, 15) is 0 Å². The molecule has 0 saturated carbocycles. The summed E-state index contributed by atoms with van der Waals surface area (Å²) in [5.74, 6) is 0. The first kappa shape index (κ1) is 6.75. The van der Waals surface area contributed by atoms with Gasteiger partial charge < -0.3 is 0 Å². The topological polar surface area (TPSA) is 0 Å². The third kappa shape index (κ3) is 1.82. The summed E-state index contributed by atoms with van der Waals surface area (Å²) in [5.41, 5.74) is 0.981. The molecule has 0 aliphatic rings. The number of hydrogen-bond donors (Lipinski definition) is 0. The largest absolute Gasteiger partial charge is 0.135 e. The number of thiophene rings is 1. The second kappa shape index (κ2) is 4.62. The van der Waals surface area contributed by atoms with Crippen molar-refractivity contribution >= 4 is 43.1 Å². The zero-order chi connectivity index (χ0) is 19.6. The maximum Gasteiger partial charge on any atom is 0.0638 e. The van der Waals surface area contributed by atoms with E-state index in [1.165, 1.54) is 0 Å². The first-order valence-electron chi connectivity index (χ1n) is 9.42. The zero-order valence-electron chi connectivity index (χ0n) is 17.1. The fraction of sp³-hybridized carbons (Fsp3) is 0. The van der Waals surface area contributed by atoms with Crippen molar-refractivity contribution in [1.82, 2.24) is 0 Å². The summed E-state index contributed by atoms with van der Waals surface area (Å²) in [5, 5.41) is 1.21. The van der Waals surface area contributed by atoms with Gasteiger partial charge in [-0.2, -0.15) is 0 Å². The lowest BCUT2D eigenvalue weighted by molar-refractivity contribution is 1.67. The van der Waals surface area contributed by atoms with Crippen LogP contribution in [-0.2, 0) is 0 Å². The molecule has 0 nitrogen and oxygen atoms in total. The van der Waals surface area contributed by atoms with Crippen LogP contribution in [0.2, 0.25) is 5.02 Å². The third-order valence-corrected chi connectivity index (χ3v) is 4.35. The van der Waals surface area contributed by atoms with Gasteiger partial charge in [-0.3, -0.25) is 0 Å². The molecule has 20 heavy (non-hydrogen) atoms. The molecule has 0 aliphatic carbocycles. The highest BCUT2D eigenvalue weighted by Gasteiger charge is 2.09. The lowest BCUT2D eigenvalue weighted by atomic mass is 10.00. The Balaban J connectivity index is 2.32. The van der Waals surface area contributed by atoms with Crippen LogP contribution in [0.3, 0.4) is 0 Å². The highest BCUT2D eigenvalue weighted by molar-refractivity contribution is 7.25. The molecule has 0 unspecified atom stereocenters. The van der Waals surface area contributed by atoms with E-state index < -0.39 is 0 Å². The van der Waals surface area contributed by atoms with Crippen molar-refractivity contribution in [2.24, 2.45) is 0 Å². The summed E-state index contributed by atoms with van der Waals surface area (Å²) < 4.78 is 58.0. The van der Waals surface area contributed by atoms with Gasteiger partial charge in [-0.05, 0) is 35.3 Å². The van der Waals surface area contributed by atoms with Gasteiger partial charge in [0.2, 0.25) is 0 Å². The molecule has 0 spiro atoms. The van der Waals surface area contributed by atoms with Gasteiger partial charge in [0, 0.05) is 25.2 Å². The number of benzene rings is 3. The van der Waals surface area contributed by atoms with Crippen molar-refractivity contribution in [1.29, 1.82) is 0 Å². The smallest absolute Gasteiger partial charge is 0.0638 e. The minimum atomic E-state index is -0.359. The summed E-state index contributed by atoms with van der Waals surface area (Å²) in [6.45, 7) is 0. The van der Waals surface area contributed by atoms with Crippen LogP contribution in [-0.4, -0.2) is 0 Å². The highest BCUT2D eigenvalue weighted by Crippen LogP contribution is 2.39. The first-order valence-corrected chi connectivity index (χ1v) is 7.11. The predicted molar refractivity (Wildman–Crippen MR) is 89.8 cm³/mol. The Morgan fingerprint density at radius 3 is 2.45 bits per heavy atom. The Hall–Kier alpha value is -1.83. The first-order chi connectivity index (χ1) is 12.7. The maximum absolute atomic E-state index is 8.42. The van der Waals surface area contributed by atoms with Crippen molar-refractivity contribution in [3.05, 3.63) is 71.6 Å². The quantitative estimate of drug-likeness (QED) is 0.383. The van der Waals surface area contributed by atoms with E-state index in [2.05, 4.69) is 0 Å². The Bertz CT molecular complexity index is 1250. The second-order valence-electron chi connectivity index (χ2n) is 4.27. The van der Waals surface area contributed by atoms with Gasteiger partial charge in [-0.1, -0.05) is 53.9 Å². The molecule has 1 heterocycles. The Morgan fingerprint density at radius 2 is 1.60 bits per heavy atom. The van der Waals surface area contributed by atoms with E-state index in [0.29, 0.717) is 30.9 Å². The normalized spacial score (nSPS) is 16.1. The molecule has 0 N–H and O–H groups in total. The van der Waals surface area contributed by atoms with Gasteiger partial charge in [-0.15, -0.1) is 11.3 Å². The average molecular weight is 302 g/mol. The summed E-state index contributed by atoms with van der Waals surface area (Å²) in [4.78, 5) is 0. The average Bonchev–Trinajstić information content (AvgIpc) is 3.05. The summed E-state index contributed by atoms with van der Waals surface area (Å²) in [6.07, 6.45) is 0. The van der Waals surface area contributed by atoms with Crippen molar-refractivity contribution in [3.63, 3.8) is 0 Å². The molecule has 1 aromatic heterocycles. The molecule has 0 bridgehead atoms. The SMILES string of the molecule is [2H]c1c([2H])c([2H])c2c(sc3c([2H])c([2H])c([2H])c(-c4ccc(Cl)cc4)c32)c1[2H]. The van der Waals surface area contributed by atoms with Crippen molar-refractivity contribution in [2.45, 2.75) is 0 Å². The molecule has 3 aromatic carbocycles. The molecule has 4 rings (SSSR count). The van der Waals surface area contributed by atoms with Gasteiger partial charge in [0.05, 0.1) is 9.60 Å². The van der Waals surface area contributed by atoms with Crippen LogP contribution in [0.15, 0.2) is 66.6 Å². The van der Waals surface area contributed by atoms with Gasteiger partial charge in [0.15, 0.2) is 0 Å². The second-order valence-corrected chi connectivity index (χ2v) is 5.72. The third-order valence-electron chi connectivity index (χ3n) is 3.08. The molecule has 0 radical (unpaired) electrons. The molecule has 4 aromatic rings. The maximum atomic E-state index is 8.42. The molecular formula is C18H11ClS. The van der Waals surface area contributed by atoms with Gasteiger partial charge in [-0.25, -0.2) is 0 Å². The summed E-state index contributed by atoms with van der Waals surface area (Å²) >= 11 is 7.02. The predicted octanol–water partition coefficient (Wildman–Crippen LogP) is 6.37. The minimum Gasteiger partial charge on any atom is -0.135 e. The zero-order valence-corrected chi connectivity index (χ0v) is 11.7. The van der Waals surface area contributed by atoms with Gasteiger partial charge in [0.25, 0.3) is 0 Å². The van der Waals surface area contributed by atoms with Crippen LogP contribution >= 0.6 is 22.9 Å². The summed E-state index contributed by atoms with van der Waals surface area (Å²) in [7, 11) is 0. The minimum absolute atomic E-state index is 0.147. The van der Waals surface area contributed by atoms with E-state index >= 15 is 0 Å². The van der Waals surface area contributed by atoms with Crippen LogP contribution in [0, 0.1) is 0 Å². The number of halogens is 1.